The van der Waals surface area contributed by atoms with Gasteiger partial charge in [-0.25, -0.2) is 0 Å². The van der Waals surface area contributed by atoms with Gasteiger partial charge in [-0.3, -0.25) is 4.79 Å². The molecular weight excluding hydrogens is 402 g/mol. The molecule has 3 aliphatic rings. The normalized spacial score (nSPS) is 29.9. The number of ether oxygens (including phenoxy) is 1. The van der Waals surface area contributed by atoms with Crippen LogP contribution in [0, 0.1) is 17.8 Å². The molecule has 0 aromatic rings. The molecule has 0 bridgehead atoms. The fourth-order valence-electron chi connectivity index (χ4n) is 5.71. The number of morpholine rings is 1. The number of hydrogen-bond donors (Lipinski definition) is 2. The second-order valence-electron chi connectivity index (χ2n) is 10.5. The minimum absolute atomic E-state index is 0.210. The largest absolute Gasteiger partial charge is 0.392 e. The Morgan fingerprint density at radius 1 is 1.25 bits per heavy atom. The summed E-state index contributed by atoms with van der Waals surface area (Å²) in [7, 11) is 0. The fraction of sp³-hybridized carbons (Fsp3) is 0.815. The Morgan fingerprint density at radius 2 is 2.03 bits per heavy atom. The van der Waals surface area contributed by atoms with Crippen LogP contribution in [0.25, 0.3) is 0 Å². The van der Waals surface area contributed by atoms with Gasteiger partial charge >= 0.3 is 0 Å². The number of rotatable bonds is 12. The highest BCUT2D eigenvalue weighted by Gasteiger charge is 2.43. The van der Waals surface area contributed by atoms with Crippen LogP contribution >= 0.6 is 0 Å². The monoisotopic (exact) mass is 447 g/mol. The van der Waals surface area contributed by atoms with Crippen molar-refractivity contribution in [3.8, 4) is 0 Å². The summed E-state index contributed by atoms with van der Waals surface area (Å²) >= 11 is 0. The van der Waals surface area contributed by atoms with E-state index >= 15 is 0 Å². The Kier molecular flexibility index (Phi) is 9.81. The van der Waals surface area contributed by atoms with Gasteiger partial charge in [0.1, 0.15) is 0 Å². The summed E-state index contributed by atoms with van der Waals surface area (Å²) in [6.45, 7) is 6.90. The molecule has 182 valence electrons. The van der Waals surface area contributed by atoms with Gasteiger partial charge in [0.2, 0.25) is 5.91 Å². The van der Waals surface area contributed by atoms with Gasteiger partial charge in [-0.05, 0) is 63.7 Å². The minimum Gasteiger partial charge on any atom is -0.392 e. The zero-order valence-electron chi connectivity index (χ0n) is 20.3. The molecule has 32 heavy (non-hydrogen) atoms. The van der Waals surface area contributed by atoms with Gasteiger partial charge in [-0.1, -0.05) is 50.0 Å². The predicted molar refractivity (Wildman–Crippen MR) is 128 cm³/mol. The van der Waals surface area contributed by atoms with Crippen molar-refractivity contribution in [1.29, 1.82) is 0 Å². The van der Waals surface area contributed by atoms with Crippen LogP contribution in [0.2, 0.25) is 0 Å². The second kappa shape index (κ2) is 12.3. The molecule has 5 atom stereocenters. The quantitative estimate of drug-likeness (QED) is 0.338. The van der Waals surface area contributed by atoms with E-state index in [0.717, 1.165) is 70.9 Å². The summed E-state index contributed by atoms with van der Waals surface area (Å²) < 4.78 is 5.31. The maximum Gasteiger partial charge on any atom is 0.222 e. The van der Waals surface area contributed by atoms with Crippen molar-refractivity contribution in [3.63, 3.8) is 0 Å². The van der Waals surface area contributed by atoms with Crippen LogP contribution in [-0.4, -0.2) is 59.0 Å². The number of unbranched alkanes of at least 4 members (excludes halogenated alkanes) is 3. The molecule has 1 amide bonds. The van der Waals surface area contributed by atoms with Crippen LogP contribution < -0.4 is 0 Å². The summed E-state index contributed by atoms with van der Waals surface area (Å²) in [4.78, 5) is 14.2. The third-order valence-electron chi connectivity index (χ3n) is 7.69. The first kappa shape index (κ1) is 25.5. The van der Waals surface area contributed by atoms with Crippen LogP contribution in [0.3, 0.4) is 0 Å². The lowest BCUT2D eigenvalue weighted by Crippen LogP contribution is -2.40. The molecular formula is C27H45NO4. The van der Waals surface area contributed by atoms with Gasteiger partial charge in [0.15, 0.2) is 0 Å². The summed E-state index contributed by atoms with van der Waals surface area (Å²) in [5.74, 6) is 1.50. The highest BCUT2D eigenvalue weighted by atomic mass is 16.5. The molecule has 0 aromatic carbocycles. The Balaban J connectivity index is 1.35. The topological polar surface area (TPSA) is 70.0 Å². The van der Waals surface area contributed by atoms with Gasteiger partial charge in [-0.2, -0.15) is 0 Å². The Hall–Kier alpha value is -1.17. The van der Waals surface area contributed by atoms with E-state index in [-0.39, 0.29) is 17.9 Å². The van der Waals surface area contributed by atoms with Crippen molar-refractivity contribution in [1.82, 2.24) is 4.90 Å². The first-order chi connectivity index (χ1) is 15.4. The summed E-state index contributed by atoms with van der Waals surface area (Å²) in [5, 5.41) is 21.1. The first-order valence-corrected chi connectivity index (χ1v) is 13.0. The molecule has 0 unspecified atom stereocenters. The van der Waals surface area contributed by atoms with Crippen molar-refractivity contribution >= 4 is 5.91 Å². The van der Waals surface area contributed by atoms with E-state index in [1.807, 2.05) is 11.8 Å². The highest BCUT2D eigenvalue weighted by Crippen LogP contribution is 2.48. The molecule has 1 heterocycles. The van der Waals surface area contributed by atoms with Crippen molar-refractivity contribution in [3.05, 3.63) is 23.8 Å². The smallest absolute Gasteiger partial charge is 0.222 e. The van der Waals surface area contributed by atoms with Crippen molar-refractivity contribution in [2.75, 3.05) is 26.3 Å². The molecule has 0 spiro atoms. The molecule has 5 nitrogen and oxygen atoms in total. The maximum absolute atomic E-state index is 12.2. The number of aliphatic hydroxyl groups is 2. The van der Waals surface area contributed by atoms with E-state index in [4.69, 9.17) is 4.74 Å². The van der Waals surface area contributed by atoms with E-state index in [1.165, 1.54) is 0 Å². The van der Waals surface area contributed by atoms with Crippen LogP contribution in [0.1, 0.15) is 84.5 Å². The Labute approximate surface area is 194 Å². The summed E-state index contributed by atoms with van der Waals surface area (Å²) in [6.07, 6.45) is 17.1. The number of fused-ring (bicyclic) bond motifs is 1. The standard InChI is InChI=1S/C27H45NO4/c1-3-4-12-27(2,31)13-8-10-23-24-19-21(18-22(24)20-25(23)29)9-6-5-7-11-26(30)28-14-16-32-17-15-28/h8,10,18,22-25,29,31H,3-7,9,11-17,19-20H2,1-2H3/b10-8+/t22-,23+,24-,25+,27-/m0/s1. The highest BCUT2D eigenvalue weighted by molar-refractivity contribution is 5.76. The number of aliphatic hydroxyl groups excluding tert-OH is 1. The lowest BCUT2D eigenvalue weighted by molar-refractivity contribution is -0.135. The van der Waals surface area contributed by atoms with E-state index in [2.05, 4.69) is 25.2 Å². The van der Waals surface area contributed by atoms with Crippen molar-refractivity contribution < 1.29 is 19.7 Å². The number of allylic oxidation sites excluding steroid dienone is 2. The van der Waals surface area contributed by atoms with E-state index in [0.29, 0.717) is 37.9 Å². The molecule has 2 N–H and O–H groups in total. The van der Waals surface area contributed by atoms with E-state index in [1.54, 1.807) is 5.57 Å². The average Bonchev–Trinajstić information content (AvgIpc) is 3.29. The Morgan fingerprint density at radius 3 is 2.78 bits per heavy atom. The molecule has 3 rings (SSSR count). The number of carbonyl (C=O) groups excluding carboxylic acids is 1. The predicted octanol–water partition coefficient (Wildman–Crippen LogP) is 4.63. The minimum atomic E-state index is -0.641. The number of amides is 1. The van der Waals surface area contributed by atoms with E-state index < -0.39 is 5.60 Å². The fourth-order valence-corrected chi connectivity index (χ4v) is 5.71. The van der Waals surface area contributed by atoms with Crippen molar-refractivity contribution in [2.24, 2.45) is 17.8 Å². The average molecular weight is 448 g/mol. The van der Waals surface area contributed by atoms with Crippen LogP contribution in [-0.2, 0) is 9.53 Å². The first-order valence-electron chi connectivity index (χ1n) is 13.0. The lowest BCUT2D eigenvalue weighted by atomic mass is 9.87. The lowest BCUT2D eigenvalue weighted by Gasteiger charge is -2.26. The number of nitrogens with zero attached hydrogens (tertiary/aromatic N) is 1. The molecule has 0 aromatic heterocycles. The zero-order chi connectivity index (χ0) is 23.0. The van der Waals surface area contributed by atoms with Gasteiger partial charge in [-0.15, -0.1) is 0 Å². The SMILES string of the molecule is CCCC[C@](C)(O)C/C=C/[C@@H]1[C@H]2CC(CCCCCC(=O)N3CCOCC3)=C[C@H]2C[C@H]1O. The second-order valence-corrected chi connectivity index (χ2v) is 10.5. The molecule has 5 heteroatoms. The molecule has 0 radical (unpaired) electrons. The maximum atomic E-state index is 12.2. The van der Waals surface area contributed by atoms with Crippen LogP contribution in [0.15, 0.2) is 23.8 Å². The summed E-state index contributed by atoms with van der Waals surface area (Å²) in [5.41, 5.74) is 0.900. The molecule has 2 aliphatic carbocycles. The van der Waals surface area contributed by atoms with Crippen LogP contribution in [0.4, 0.5) is 0 Å². The molecule has 1 aliphatic heterocycles. The van der Waals surface area contributed by atoms with E-state index in [9.17, 15) is 15.0 Å². The summed E-state index contributed by atoms with van der Waals surface area (Å²) in [6, 6.07) is 0. The van der Waals surface area contributed by atoms with Crippen LogP contribution in [0.5, 0.6) is 0 Å². The van der Waals surface area contributed by atoms with Crippen molar-refractivity contribution in [2.45, 2.75) is 96.2 Å². The van der Waals surface area contributed by atoms with Gasteiger partial charge in [0.05, 0.1) is 24.9 Å². The molecule has 1 saturated carbocycles. The number of carbonyl (C=O) groups is 1. The molecule has 1 saturated heterocycles. The van der Waals surface area contributed by atoms with Gasteiger partial charge < -0.3 is 19.8 Å². The Bertz CT molecular complexity index is 650. The number of hydrogen-bond acceptors (Lipinski definition) is 4. The third-order valence-corrected chi connectivity index (χ3v) is 7.69. The van der Waals surface area contributed by atoms with Gasteiger partial charge in [0, 0.05) is 25.4 Å². The molecule has 2 fully saturated rings. The van der Waals surface area contributed by atoms with Gasteiger partial charge in [0.25, 0.3) is 0 Å². The third kappa shape index (κ3) is 7.43. The zero-order valence-corrected chi connectivity index (χ0v) is 20.3.